The zero-order valence-electron chi connectivity index (χ0n) is 12.1. The van der Waals surface area contributed by atoms with E-state index in [9.17, 15) is 0 Å². The van der Waals surface area contributed by atoms with Crippen molar-refractivity contribution in [3.8, 4) is 0 Å². The van der Waals surface area contributed by atoms with Crippen molar-refractivity contribution in [1.29, 1.82) is 0 Å². The Morgan fingerprint density at radius 1 is 1.43 bits per heavy atom. The Morgan fingerprint density at radius 3 is 2.90 bits per heavy atom. The van der Waals surface area contributed by atoms with E-state index in [2.05, 4.69) is 9.72 Å². The number of aromatic nitrogens is 1. The van der Waals surface area contributed by atoms with Gasteiger partial charge in [0.1, 0.15) is 0 Å². The SMILES string of the molecule is Cc1c(/C=N/O)n(CC2CCOCC2)c2ccc(Cl)cc12. The van der Waals surface area contributed by atoms with E-state index < -0.39 is 0 Å². The van der Waals surface area contributed by atoms with Gasteiger partial charge in [-0.05, 0) is 49.4 Å². The van der Waals surface area contributed by atoms with E-state index in [0.717, 1.165) is 59.8 Å². The topological polar surface area (TPSA) is 46.8 Å². The minimum Gasteiger partial charge on any atom is -0.411 e. The van der Waals surface area contributed by atoms with Crippen LogP contribution in [0, 0.1) is 12.8 Å². The molecule has 1 fully saturated rings. The summed E-state index contributed by atoms with van der Waals surface area (Å²) in [5.74, 6) is 0.593. The van der Waals surface area contributed by atoms with E-state index in [4.69, 9.17) is 21.5 Å². The number of hydrogen-bond donors (Lipinski definition) is 1. The van der Waals surface area contributed by atoms with E-state index in [-0.39, 0.29) is 0 Å². The molecule has 0 spiro atoms. The van der Waals surface area contributed by atoms with Crippen LogP contribution in [0.25, 0.3) is 10.9 Å². The van der Waals surface area contributed by atoms with E-state index in [1.807, 2.05) is 25.1 Å². The first-order chi connectivity index (χ1) is 10.2. The van der Waals surface area contributed by atoms with Crippen LogP contribution in [0.5, 0.6) is 0 Å². The van der Waals surface area contributed by atoms with Gasteiger partial charge in [-0.25, -0.2) is 0 Å². The fraction of sp³-hybridized carbons (Fsp3) is 0.438. The lowest BCUT2D eigenvalue weighted by Crippen LogP contribution is -2.21. The van der Waals surface area contributed by atoms with Gasteiger partial charge in [-0.1, -0.05) is 16.8 Å². The van der Waals surface area contributed by atoms with Crippen molar-refractivity contribution in [2.45, 2.75) is 26.3 Å². The second kappa shape index (κ2) is 6.08. The molecule has 1 aliphatic rings. The highest BCUT2D eigenvalue weighted by atomic mass is 35.5. The Kier molecular flexibility index (Phi) is 4.17. The van der Waals surface area contributed by atoms with E-state index in [1.54, 1.807) is 0 Å². The van der Waals surface area contributed by atoms with E-state index in [1.165, 1.54) is 6.21 Å². The van der Waals surface area contributed by atoms with Gasteiger partial charge in [0.2, 0.25) is 0 Å². The van der Waals surface area contributed by atoms with Crippen LogP contribution < -0.4 is 0 Å². The number of ether oxygens (including phenoxy) is 1. The zero-order chi connectivity index (χ0) is 14.8. The highest BCUT2D eigenvalue weighted by Crippen LogP contribution is 2.29. The standard InChI is InChI=1S/C16H19ClN2O2/c1-11-14-8-13(17)2-3-15(14)19(16(11)9-18-20)10-12-4-6-21-7-5-12/h2-3,8-9,12,20H,4-7,10H2,1H3/b18-9+. The molecule has 0 saturated carbocycles. The maximum atomic E-state index is 8.96. The molecule has 2 heterocycles. The second-order valence-electron chi connectivity index (χ2n) is 5.58. The summed E-state index contributed by atoms with van der Waals surface area (Å²) in [6.45, 7) is 4.61. The molecule has 0 amide bonds. The summed E-state index contributed by atoms with van der Waals surface area (Å²) in [6.07, 6.45) is 3.66. The van der Waals surface area contributed by atoms with Crippen LogP contribution in [-0.2, 0) is 11.3 Å². The Hall–Kier alpha value is -1.52. The van der Waals surface area contributed by atoms with Gasteiger partial charge in [0.25, 0.3) is 0 Å². The van der Waals surface area contributed by atoms with E-state index in [0.29, 0.717) is 5.92 Å². The number of hydrogen-bond acceptors (Lipinski definition) is 3. The maximum Gasteiger partial charge on any atom is 0.0901 e. The van der Waals surface area contributed by atoms with Crippen molar-refractivity contribution in [2.75, 3.05) is 13.2 Å². The zero-order valence-corrected chi connectivity index (χ0v) is 12.8. The predicted molar refractivity (Wildman–Crippen MR) is 84.6 cm³/mol. The molecule has 0 unspecified atom stereocenters. The molecular weight excluding hydrogens is 288 g/mol. The molecule has 3 rings (SSSR count). The number of halogens is 1. The lowest BCUT2D eigenvalue weighted by Gasteiger charge is -2.23. The van der Waals surface area contributed by atoms with Crippen molar-refractivity contribution < 1.29 is 9.94 Å². The molecule has 1 aromatic carbocycles. The minimum atomic E-state index is 0.593. The quantitative estimate of drug-likeness (QED) is 0.532. The number of fused-ring (bicyclic) bond motifs is 1. The number of nitrogens with zero attached hydrogens (tertiary/aromatic N) is 2. The number of benzene rings is 1. The third-order valence-corrected chi connectivity index (χ3v) is 4.53. The van der Waals surface area contributed by atoms with Gasteiger partial charge in [-0.3, -0.25) is 0 Å². The van der Waals surface area contributed by atoms with Crippen LogP contribution >= 0.6 is 11.6 Å². The Bertz CT molecular complexity index is 672. The molecule has 1 saturated heterocycles. The molecular formula is C16H19ClN2O2. The third kappa shape index (κ3) is 2.78. The summed E-state index contributed by atoms with van der Waals surface area (Å²) in [5.41, 5.74) is 3.18. The van der Waals surface area contributed by atoms with Gasteiger partial charge in [-0.2, -0.15) is 0 Å². The lowest BCUT2D eigenvalue weighted by molar-refractivity contribution is 0.0616. The van der Waals surface area contributed by atoms with Crippen molar-refractivity contribution in [3.63, 3.8) is 0 Å². The molecule has 0 bridgehead atoms. The molecule has 1 aliphatic heterocycles. The van der Waals surface area contributed by atoms with Crippen molar-refractivity contribution in [1.82, 2.24) is 4.57 Å². The summed E-state index contributed by atoms with van der Waals surface area (Å²) in [6, 6.07) is 5.92. The first kappa shape index (κ1) is 14.4. The molecule has 0 atom stereocenters. The van der Waals surface area contributed by atoms with Crippen LogP contribution in [0.15, 0.2) is 23.4 Å². The summed E-state index contributed by atoms with van der Waals surface area (Å²) < 4.78 is 7.66. The minimum absolute atomic E-state index is 0.593. The molecule has 1 N–H and O–H groups in total. The van der Waals surface area contributed by atoms with Crippen LogP contribution in [0.3, 0.4) is 0 Å². The van der Waals surface area contributed by atoms with Gasteiger partial charge in [-0.15, -0.1) is 0 Å². The number of aryl methyl sites for hydroxylation is 1. The van der Waals surface area contributed by atoms with Crippen LogP contribution in [0.2, 0.25) is 5.02 Å². The first-order valence-electron chi connectivity index (χ1n) is 7.24. The molecule has 21 heavy (non-hydrogen) atoms. The van der Waals surface area contributed by atoms with Gasteiger partial charge >= 0.3 is 0 Å². The van der Waals surface area contributed by atoms with Crippen LogP contribution in [-0.4, -0.2) is 29.2 Å². The van der Waals surface area contributed by atoms with Gasteiger partial charge in [0.15, 0.2) is 0 Å². The fourth-order valence-electron chi connectivity index (χ4n) is 3.12. The molecule has 0 radical (unpaired) electrons. The average molecular weight is 307 g/mol. The Morgan fingerprint density at radius 2 is 2.19 bits per heavy atom. The molecule has 1 aromatic heterocycles. The number of oxime groups is 1. The molecule has 4 nitrogen and oxygen atoms in total. The number of rotatable bonds is 3. The van der Waals surface area contributed by atoms with Crippen molar-refractivity contribution in [3.05, 3.63) is 34.5 Å². The summed E-state index contributed by atoms with van der Waals surface area (Å²) >= 11 is 6.11. The second-order valence-corrected chi connectivity index (χ2v) is 6.02. The molecule has 0 aliphatic carbocycles. The van der Waals surface area contributed by atoms with Gasteiger partial charge < -0.3 is 14.5 Å². The highest BCUT2D eigenvalue weighted by Gasteiger charge is 2.19. The highest BCUT2D eigenvalue weighted by molar-refractivity contribution is 6.31. The molecule has 112 valence electrons. The van der Waals surface area contributed by atoms with Crippen LogP contribution in [0.4, 0.5) is 0 Å². The fourth-order valence-corrected chi connectivity index (χ4v) is 3.29. The monoisotopic (exact) mass is 306 g/mol. The summed E-state index contributed by atoms with van der Waals surface area (Å²) in [5, 5.41) is 14.0. The van der Waals surface area contributed by atoms with E-state index >= 15 is 0 Å². The summed E-state index contributed by atoms with van der Waals surface area (Å²) in [7, 11) is 0. The predicted octanol–water partition coefficient (Wildman–Crippen LogP) is 3.84. The summed E-state index contributed by atoms with van der Waals surface area (Å²) in [4.78, 5) is 0. The smallest absolute Gasteiger partial charge is 0.0901 e. The average Bonchev–Trinajstić information content (AvgIpc) is 2.74. The Balaban J connectivity index is 2.07. The van der Waals surface area contributed by atoms with Crippen LogP contribution in [0.1, 0.15) is 24.1 Å². The Labute approximate surface area is 129 Å². The lowest BCUT2D eigenvalue weighted by atomic mass is 10.0. The maximum absolute atomic E-state index is 8.96. The van der Waals surface area contributed by atoms with Gasteiger partial charge in [0, 0.05) is 35.7 Å². The first-order valence-corrected chi connectivity index (χ1v) is 7.62. The largest absolute Gasteiger partial charge is 0.411 e. The van der Waals surface area contributed by atoms with Crippen molar-refractivity contribution in [2.24, 2.45) is 11.1 Å². The molecule has 5 heteroatoms. The molecule has 2 aromatic rings. The van der Waals surface area contributed by atoms with Gasteiger partial charge in [0.05, 0.1) is 11.9 Å². The van der Waals surface area contributed by atoms with Crippen molar-refractivity contribution >= 4 is 28.7 Å². The third-order valence-electron chi connectivity index (χ3n) is 4.29. The normalized spacial score (nSPS) is 17.0.